The van der Waals surface area contributed by atoms with Gasteiger partial charge in [0.05, 0.1) is 0 Å². The number of nitrogens with one attached hydrogen (secondary N) is 1. The van der Waals surface area contributed by atoms with E-state index >= 15 is 0 Å². The van der Waals surface area contributed by atoms with E-state index in [1.807, 2.05) is 0 Å². The summed E-state index contributed by atoms with van der Waals surface area (Å²) in [4.78, 5) is 16.4. The van der Waals surface area contributed by atoms with E-state index in [-0.39, 0.29) is 18.1 Å². The molecule has 2 atom stereocenters. The third-order valence-electron chi connectivity index (χ3n) is 3.65. The van der Waals surface area contributed by atoms with Crippen LogP contribution in [0, 0.1) is 5.92 Å². The van der Waals surface area contributed by atoms with Crippen LogP contribution in [0.25, 0.3) is 5.95 Å². The minimum atomic E-state index is 0.121. The Bertz CT molecular complexity index is 587. The van der Waals surface area contributed by atoms with Gasteiger partial charge in [0.1, 0.15) is 18.8 Å². The Hall–Kier alpha value is -2.29. The highest BCUT2D eigenvalue weighted by molar-refractivity contribution is 5.28. The van der Waals surface area contributed by atoms with Gasteiger partial charge in [-0.15, -0.1) is 0 Å². The van der Waals surface area contributed by atoms with Crippen molar-refractivity contribution in [1.29, 1.82) is 0 Å². The molecule has 1 aliphatic carbocycles. The zero-order valence-corrected chi connectivity index (χ0v) is 11.8. The summed E-state index contributed by atoms with van der Waals surface area (Å²) in [5.74, 6) is 6.43. The summed E-state index contributed by atoms with van der Waals surface area (Å²) in [5.41, 5.74) is 2.41. The molecule has 3 N–H and O–H groups in total. The van der Waals surface area contributed by atoms with Gasteiger partial charge in [0, 0.05) is 0 Å². The molecule has 0 saturated heterocycles. The number of ether oxygens (including phenoxy) is 1. The zero-order chi connectivity index (χ0) is 14.7. The van der Waals surface area contributed by atoms with E-state index in [2.05, 4.69) is 37.4 Å². The molecular formula is C12H18N8O. The highest BCUT2D eigenvalue weighted by atomic mass is 16.5. The van der Waals surface area contributed by atoms with Crippen LogP contribution in [0.15, 0.2) is 12.7 Å². The topological polar surface area (TPSA) is 117 Å². The highest BCUT2D eigenvalue weighted by Gasteiger charge is 2.24. The molecule has 2 aromatic heterocycles. The standard InChI is InChI=1S/C12H18N8O/c1-8-4-2-3-5-9(8)21-12-17-10(19-13)16-11(18-12)20-7-14-6-15-20/h6-9H,2-5,13H2,1H3,(H,16,17,18,19). The molecule has 1 saturated carbocycles. The molecule has 1 fully saturated rings. The Morgan fingerprint density at radius 2 is 2.14 bits per heavy atom. The molecule has 21 heavy (non-hydrogen) atoms. The van der Waals surface area contributed by atoms with Crippen molar-refractivity contribution in [2.24, 2.45) is 11.8 Å². The van der Waals surface area contributed by atoms with Crippen LogP contribution in [0.3, 0.4) is 0 Å². The number of nitrogens with zero attached hydrogens (tertiary/aromatic N) is 6. The van der Waals surface area contributed by atoms with Crippen LogP contribution in [0.5, 0.6) is 6.01 Å². The fourth-order valence-corrected chi connectivity index (χ4v) is 2.47. The molecule has 0 bridgehead atoms. The van der Waals surface area contributed by atoms with E-state index in [0.29, 0.717) is 11.9 Å². The number of nitrogen functional groups attached to an aromatic ring is 1. The van der Waals surface area contributed by atoms with E-state index in [1.54, 1.807) is 0 Å². The molecule has 2 aromatic rings. The SMILES string of the molecule is CC1CCCCC1Oc1nc(NN)nc(-n2cncn2)n1. The fraction of sp³-hybridized carbons (Fsp3) is 0.583. The van der Waals surface area contributed by atoms with Crippen molar-refractivity contribution < 1.29 is 4.74 Å². The summed E-state index contributed by atoms with van der Waals surface area (Å²) in [6, 6.07) is 0.252. The number of rotatable bonds is 4. The van der Waals surface area contributed by atoms with Crippen molar-refractivity contribution in [2.45, 2.75) is 38.7 Å². The molecule has 9 heteroatoms. The quantitative estimate of drug-likeness (QED) is 0.624. The number of hydrogen-bond acceptors (Lipinski definition) is 8. The van der Waals surface area contributed by atoms with Crippen molar-refractivity contribution >= 4 is 5.95 Å². The zero-order valence-electron chi connectivity index (χ0n) is 11.8. The summed E-state index contributed by atoms with van der Waals surface area (Å²) < 4.78 is 7.36. The second-order valence-electron chi connectivity index (χ2n) is 5.14. The minimum Gasteiger partial charge on any atom is -0.460 e. The normalized spacial score (nSPS) is 22.0. The number of hydrazine groups is 1. The molecule has 0 aromatic carbocycles. The lowest BCUT2D eigenvalue weighted by atomic mass is 9.88. The Labute approximate surface area is 121 Å². The number of aromatic nitrogens is 6. The molecule has 2 unspecified atom stereocenters. The van der Waals surface area contributed by atoms with Crippen LogP contribution >= 0.6 is 0 Å². The highest BCUT2D eigenvalue weighted by Crippen LogP contribution is 2.27. The van der Waals surface area contributed by atoms with E-state index in [9.17, 15) is 0 Å². The lowest BCUT2D eigenvalue weighted by molar-refractivity contribution is 0.0921. The van der Waals surface area contributed by atoms with Gasteiger partial charge in [0.15, 0.2) is 0 Å². The van der Waals surface area contributed by atoms with Crippen LogP contribution in [0.2, 0.25) is 0 Å². The van der Waals surface area contributed by atoms with Gasteiger partial charge in [-0.3, -0.25) is 5.43 Å². The maximum atomic E-state index is 5.93. The molecule has 0 spiro atoms. The molecule has 3 rings (SSSR count). The molecule has 0 radical (unpaired) electrons. The first kappa shape index (κ1) is 13.7. The Morgan fingerprint density at radius 1 is 1.29 bits per heavy atom. The fourth-order valence-electron chi connectivity index (χ4n) is 2.47. The number of hydrogen-bond donors (Lipinski definition) is 2. The molecule has 1 aliphatic rings. The van der Waals surface area contributed by atoms with Crippen LogP contribution in [0.4, 0.5) is 5.95 Å². The average molecular weight is 290 g/mol. The third-order valence-corrected chi connectivity index (χ3v) is 3.65. The average Bonchev–Trinajstić information content (AvgIpc) is 3.04. The number of nitrogens with two attached hydrogens (primary N) is 1. The van der Waals surface area contributed by atoms with Crippen molar-refractivity contribution in [3.8, 4) is 12.0 Å². The van der Waals surface area contributed by atoms with Gasteiger partial charge in [0.2, 0.25) is 5.95 Å². The third kappa shape index (κ3) is 3.07. The largest absolute Gasteiger partial charge is 0.460 e. The van der Waals surface area contributed by atoms with E-state index in [4.69, 9.17) is 10.6 Å². The van der Waals surface area contributed by atoms with Crippen molar-refractivity contribution in [3.63, 3.8) is 0 Å². The summed E-state index contributed by atoms with van der Waals surface area (Å²) in [7, 11) is 0. The molecule has 2 heterocycles. The van der Waals surface area contributed by atoms with Gasteiger partial charge in [-0.1, -0.05) is 13.3 Å². The maximum absolute atomic E-state index is 5.93. The Kier molecular flexibility index (Phi) is 3.91. The molecule has 0 amide bonds. The smallest absolute Gasteiger partial charge is 0.323 e. The molecule has 112 valence electrons. The van der Waals surface area contributed by atoms with E-state index in [0.717, 1.165) is 19.3 Å². The minimum absolute atomic E-state index is 0.121. The van der Waals surface area contributed by atoms with E-state index in [1.165, 1.54) is 23.8 Å². The summed E-state index contributed by atoms with van der Waals surface area (Å²) >= 11 is 0. The second-order valence-corrected chi connectivity index (χ2v) is 5.14. The van der Waals surface area contributed by atoms with Crippen LogP contribution in [-0.4, -0.2) is 35.8 Å². The second kappa shape index (κ2) is 6.00. The van der Waals surface area contributed by atoms with Gasteiger partial charge in [-0.2, -0.15) is 24.7 Å². The van der Waals surface area contributed by atoms with Gasteiger partial charge < -0.3 is 4.74 Å². The maximum Gasteiger partial charge on any atom is 0.323 e. The lowest BCUT2D eigenvalue weighted by Crippen LogP contribution is -2.29. The first-order chi connectivity index (χ1) is 10.3. The van der Waals surface area contributed by atoms with Gasteiger partial charge in [-0.25, -0.2) is 10.8 Å². The van der Waals surface area contributed by atoms with Crippen LogP contribution in [0.1, 0.15) is 32.6 Å². The van der Waals surface area contributed by atoms with Gasteiger partial charge >= 0.3 is 6.01 Å². The van der Waals surface area contributed by atoms with Gasteiger partial charge in [-0.05, 0) is 25.2 Å². The summed E-state index contributed by atoms with van der Waals surface area (Å²) in [5, 5.41) is 3.99. The Balaban J connectivity index is 1.85. The van der Waals surface area contributed by atoms with E-state index < -0.39 is 0 Å². The van der Waals surface area contributed by atoms with Crippen molar-refractivity contribution in [1.82, 2.24) is 29.7 Å². The molecule has 9 nitrogen and oxygen atoms in total. The monoisotopic (exact) mass is 290 g/mol. The van der Waals surface area contributed by atoms with Crippen molar-refractivity contribution in [3.05, 3.63) is 12.7 Å². The first-order valence-corrected chi connectivity index (χ1v) is 7.00. The number of anilines is 1. The first-order valence-electron chi connectivity index (χ1n) is 7.00. The lowest BCUT2D eigenvalue weighted by Gasteiger charge is -2.28. The molecule has 0 aliphatic heterocycles. The van der Waals surface area contributed by atoms with Crippen LogP contribution in [-0.2, 0) is 0 Å². The molecular weight excluding hydrogens is 272 g/mol. The summed E-state index contributed by atoms with van der Waals surface area (Å²) in [6.45, 7) is 2.19. The predicted octanol–water partition coefficient (Wildman–Crippen LogP) is 0.695. The van der Waals surface area contributed by atoms with Gasteiger partial charge in [0.25, 0.3) is 5.95 Å². The Morgan fingerprint density at radius 3 is 2.86 bits per heavy atom. The summed E-state index contributed by atoms with van der Waals surface area (Å²) in [6.07, 6.45) is 7.61. The predicted molar refractivity (Wildman–Crippen MR) is 74.6 cm³/mol. The van der Waals surface area contributed by atoms with Crippen LogP contribution < -0.4 is 16.0 Å². The van der Waals surface area contributed by atoms with Crippen molar-refractivity contribution in [2.75, 3.05) is 5.43 Å².